The summed E-state index contributed by atoms with van der Waals surface area (Å²) in [5.74, 6) is 1.32. The average molecular weight is 336 g/mol. The van der Waals surface area contributed by atoms with E-state index >= 15 is 0 Å². The molecule has 1 atom stereocenters. The van der Waals surface area contributed by atoms with Crippen molar-refractivity contribution in [3.05, 3.63) is 34.1 Å². The van der Waals surface area contributed by atoms with Crippen molar-refractivity contribution >= 4 is 15.9 Å². The summed E-state index contributed by atoms with van der Waals surface area (Å²) in [6, 6.07) is 6.13. The van der Waals surface area contributed by atoms with Gasteiger partial charge in [0.15, 0.2) is 0 Å². The number of halogens is 1. The van der Waals surface area contributed by atoms with Gasteiger partial charge < -0.3 is 9.84 Å². The first-order valence-corrected chi connectivity index (χ1v) is 7.73. The van der Waals surface area contributed by atoms with E-state index < -0.39 is 0 Å². The van der Waals surface area contributed by atoms with Crippen molar-refractivity contribution in [2.75, 3.05) is 6.54 Å². The molecule has 1 aliphatic rings. The Morgan fingerprint density at radius 1 is 1.35 bits per heavy atom. The van der Waals surface area contributed by atoms with Crippen molar-refractivity contribution in [3.8, 4) is 11.4 Å². The third-order valence-electron chi connectivity index (χ3n) is 3.88. The van der Waals surface area contributed by atoms with Crippen LogP contribution in [0.2, 0.25) is 0 Å². The molecule has 20 heavy (non-hydrogen) atoms. The number of nitrogens with one attached hydrogen (secondary N) is 1. The highest BCUT2D eigenvalue weighted by Crippen LogP contribution is 2.32. The molecule has 2 heterocycles. The number of aryl methyl sites for hydroxylation is 1. The molecule has 1 unspecified atom stereocenters. The third kappa shape index (κ3) is 2.52. The van der Waals surface area contributed by atoms with Crippen molar-refractivity contribution in [1.29, 1.82) is 0 Å². The monoisotopic (exact) mass is 335 g/mol. The van der Waals surface area contributed by atoms with Gasteiger partial charge in [-0.05, 0) is 57.4 Å². The van der Waals surface area contributed by atoms with E-state index in [1.54, 1.807) is 0 Å². The highest BCUT2D eigenvalue weighted by molar-refractivity contribution is 9.10. The van der Waals surface area contributed by atoms with Crippen LogP contribution in [-0.2, 0) is 5.54 Å². The molecule has 106 valence electrons. The highest BCUT2D eigenvalue weighted by Gasteiger charge is 2.34. The van der Waals surface area contributed by atoms with Gasteiger partial charge in [-0.3, -0.25) is 0 Å². The number of nitrogens with zero attached hydrogens (tertiary/aromatic N) is 2. The standard InChI is InChI=1S/C15H18BrN3O/c1-10-5-6-11(12(16)9-10)13-18-14(20-19-13)15(2)7-3-4-8-17-15/h5-6,9,17H,3-4,7-8H2,1-2H3. The molecule has 4 nitrogen and oxygen atoms in total. The largest absolute Gasteiger partial charge is 0.337 e. The highest BCUT2D eigenvalue weighted by atomic mass is 79.9. The zero-order chi connectivity index (χ0) is 14.2. The van der Waals surface area contributed by atoms with Gasteiger partial charge in [0, 0.05) is 10.0 Å². The summed E-state index contributed by atoms with van der Waals surface area (Å²) in [6.45, 7) is 5.19. The molecule has 0 bridgehead atoms. The van der Waals surface area contributed by atoms with E-state index in [0.29, 0.717) is 11.7 Å². The van der Waals surface area contributed by atoms with Crippen LogP contribution in [0.5, 0.6) is 0 Å². The summed E-state index contributed by atoms with van der Waals surface area (Å²) in [5.41, 5.74) is 1.97. The molecule has 0 radical (unpaired) electrons. The normalized spacial score (nSPS) is 22.9. The Labute approximate surface area is 127 Å². The molecule has 0 saturated carbocycles. The number of hydrogen-bond donors (Lipinski definition) is 1. The molecule has 2 aromatic rings. The zero-order valence-electron chi connectivity index (χ0n) is 11.7. The van der Waals surface area contributed by atoms with Crippen molar-refractivity contribution in [2.24, 2.45) is 0 Å². The van der Waals surface area contributed by atoms with Gasteiger partial charge in [-0.1, -0.05) is 27.2 Å². The molecule has 1 aromatic heterocycles. The van der Waals surface area contributed by atoms with Crippen LogP contribution in [-0.4, -0.2) is 16.7 Å². The third-order valence-corrected chi connectivity index (χ3v) is 4.54. The van der Waals surface area contributed by atoms with Crippen LogP contribution in [0.25, 0.3) is 11.4 Å². The summed E-state index contributed by atoms with van der Waals surface area (Å²) in [4.78, 5) is 4.60. The summed E-state index contributed by atoms with van der Waals surface area (Å²) in [5, 5.41) is 7.63. The number of hydrogen-bond acceptors (Lipinski definition) is 4. The van der Waals surface area contributed by atoms with E-state index in [0.717, 1.165) is 23.0 Å². The van der Waals surface area contributed by atoms with Gasteiger partial charge in [0.25, 0.3) is 0 Å². The van der Waals surface area contributed by atoms with Crippen LogP contribution >= 0.6 is 15.9 Å². The molecule has 0 amide bonds. The zero-order valence-corrected chi connectivity index (χ0v) is 13.3. The van der Waals surface area contributed by atoms with E-state index in [1.165, 1.54) is 18.4 Å². The van der Waals surface area contributed by atoms with Gasteiger partial charge in [-0.2, -0.15) is 4.98 Å². The first-order chi connectivity index (χ1) is 9.58. The second-order valence-corrected chi connectivity index (χ2v) is 6.48. The summed E-state index contributed by atoms with van der Waals surface area (Å²) < 4.78 is 6.49. The Bertz CT molecular complexity index is 617. The van der Waals surface area contributed by atoms with Crippen molar-refractivity contribution in [3.63, 3.8) is 0 Å². The fourth-order valence-electron chi connectivity index (χ4n) is 2.60. The van der Waals surface area contributed by atoms with Gasteiger partial charge in [0.2, 0.25) is 11.7 Å². The van der Waals surface area contributed by atoms with Gasteiger partial charge in [-0.25, -0.2) is 0 Å². The number of rotatable bonds is 2. The van der Waals surface area contributed by atoms with Crippen molar-refractivity contribution in [2.45, 2.75) is 38.6 Å². The van der Waals surface area contributed by atoms with Gasteiger partial charge in [0.05, 0.1) is 5.54 Å². The van der Waals surface area contributed by atoms with Crippen LogP contribution < -0.4 is 5.32 Å². The Hall–Kier alpha value is -1.20. The van der Waals surface area contributed by atoms with Gasteiger partial charge >= 0.3 is 0 Å². The van der Waals surface area contributed by atoms with Crippen LogP contribution in [0, 0.1) is 6.92 Å². The first-order valence-electron chi connectivity index (χ1n) is 6.94. The molecule has 0 spiro atoms. The fourth-order valence-corrected chi connectivity index (χ4v) is 3.27. The topological polar surface area (TPSA) is 51.0 Å². The fraction of sp³-hybridized carbons (Fsp3) is 0.467. The summed E-state index contributed by atoms with van der Waals surface area (Å²) in [7, 11) is 0. The van der Waals surface area contributed by atoms with Gasteiger partial charge in [0.1, 0.15) is 0 Å². The molecule has 1 N–H and O–H groups in total. The number of aromatic nitrogens is 2. The van der Waals surface area contributed by atoms with Crippen LogP contribution in [0.1, 0.15) is 37.6 Å². The van der Waals surface area contributed by atoms with E-state index in [-0.39, 0.29) is 5.54 Å². The smallest absolute Gasteiger partial charge is 0.246 e. The molecular formula is C15H18BrN3O. The van der Waals surface area contributed by atoms with E-state index in [1.807, 2.05) is 6.07 Å². The van der Waals surface area contributed by atoms with Crippen LogP contribution in [0.4, 0.5) is 0 Å². The Morgan fingerprint density at radius 3 is 2.90 bits per heavy atom. The van der Waals surface area contributed by atoms with E-state index in [2.05, 4.69) is 57.4 Å². The molecular weight excluding hydrogens is 318 g/mol. The lowest BCUT2D eigenvalue weighted by atomic mass is 9.91. The van der Waals surface area contributed by atoms with Crippen molar-refractivity contribution in [1.82, 2.24) is 15.5 Å². The number of benzene rings is 1. The SMILES string of the molecule is Cc1ccc(-c2noc(C3(C)CCCCN3)n2)c(Br)c1. The van der Waals surface area contributed by atoms with Crippen molar-refractivity contribution < 1.29 is 4.52 Å². The Morgan fingerprint density at radius 2 is 2.20 bits per heavy atom. The predicted octanol–water partition coefficient (Wildman–Crippen LogP) is 3.80. The van der Waals surface area contributed by atoms with E-state index in [9.17, 15) is 0 Å². The summed E-state index contributed by atoms with van der Waals surface area (Å²) >= 11 is 3.57. The molecule has 1 aromatic carbocycles. The molecule has 1 aliphatic heterocycles. The second kappa shape index (κ2) is 5.30. The lowest BCUT2D eigenvalue weighted by Crippen LogP contribution is -2.43. The minimum atomic E-state index is -0.194. The minimum Gasteiger partial charge on any atom is -0.337 e. The Balaban J connectivity index is 1.93. The van der Waals surface area contributed by atoms with Crippen LogP contribution in [0.15, 0.2) is 27.2 Å². The Kier molecular flexibility index (Phi) is 3.65. The summed E-state index contributed by atoms with van der Waals surface area (Å²) in [6.07, 6.45) is 3.43. The lowest BCUT2D eigenvalue weighted by Gasteiger charge is -2.31. The number of piperidine rings is 1. The van der Waals surface area contributed by atoms with E-state index in [4.69, 9.17) is 4.52 Å². The maximum Gasteiger partial charge on any atom is 0.246 e. The quantitative estimate of drug-likeness (QED) is 0.906. The minimum absolute atomic E-state index is 0.194. The lowest BCUT2D eigenvalue weighted by molar-refractivity contribution is 0.207. The first kappa shape index (κ1) is 13.8. The molecule has 0 aliphatic carbocycles. The maximum atomic E-state index is 5.50. The molecule has 1 fully saturated rings. The molecule has 1 saturated heterocycles. The molecule has 3 rings (SSSR count). The maximum absolute atomic E-state index is 5.50. The average Bonchev–Trinajstić information content (AvgIpc) is 2.90. The predicted molar refractivity (Wildman–Crippen MR) is 81.4 cm³/mol. The van der Waals surface area contributed by atoms with Gasteiger partial charge in [-0.15, -0.1) is 0 Å². The van der Waals surface area contributed by atoms with Crippen LogP contribution in [0.3, 0.4) is 0 Å². The second-order valence-electron chi connectivity index (χ2n) is 5.62. The molecule has 5 heteroatoms.